The third kappa shape index (κ3) is 4.21. The lowest BCUT2D eigenvalue weighted by molar-refractivity contribution is -0.136. The van der Waals surface area contributed by atoms with E-state index in [1.807, 2.05) is 12.1 Å². The molecule has 0 fully saturated rings. The van der Waals surface area contributed by atoms with E-state index in [-0.39, 0.29) is 5.97 Å². The number of fused-ring (bicyclic) bond motifs is 1. The Hall–Kier alpha value is -2.25. The highest BCUT2D eigenvalue weighted by Crippen LogP contribution is 2.37. The summed E-state index contributed by atoms with van der Waals surface area (Å²) in [6.07, 6.45) is 4.86. The Morgan fingerprint density at radius 1 is 1.14 bits per heavy atom. The molecule has 0 amide bonds. The third-order valence-corrected chi connectivity index (χ3v) is 6.24. The van der Waals surface area contributed by atoms with Crippen LogP contribution in [0.1, 0.15) is 41.1 Å². The summed E-state index contributed by atoms with van der Waals surface area (Å²) in [7, 11) is 1.43. The van der Waals surface area contributed by atoms with Gasteiger partial charge in [0.2, 0.25) is 0 Å². The molecule has 1 aliphatic carbocycles. The number of hydrogen-bond donors (Lipinski definition) is 0. The van der Waals surface area contributed by atoms with Crippen molar-refractivity contribution < 1.29 is 9.53 Å². The van der Waals surface area contributed by atoms with Crippen molar-refractivity contribution >= 4 is 29.2 Å². The van der Waals surface area contributed by atoms with Crippen LogP contribution >= 0.6 is 23.2 Å². The fraction of sp³-hybridized carbons (Fsp3) is 0.292. The maximum absolute atomic E-state index is 11.7. The van der Waals surface area contributed by atoms with Crippen LogP contribution in [0.4, 0.5) is 0 Å². The zero-order valence-electron chi connectivity index (χ0n) is 16.2. The molecule has 148 valence electrons. The number of rotatable bonds is 2. The van der Waals surface area contributed by atoms with Crippen LogP contribution in [0.2, 0.25) is 10.0 Å². The minimum absolute atomic E-state index is 0.210. The molecular formula is C24H21Cl2NO2. The molecule has 29 heavy (non-hydrogen) atoms. The van der Waals surface area contributed by atoms with Gasteiger partial charge in [0.05, 0.1) is 22.7 Å². The Morgan fingerprint density at radius 2 is 1.93 bits per heavy atom. The fourth-order valence-electron chi connectivity index (χ4n) is 4.09. The van der Waals surface area contributed by atoms with Gasteiger partial charge in [0.1, 0.15) is 0 Å². The van der Waals surface area contributed by atoms with E-state index < -0.39 is 0 Å². The van der Waals surface area contributed by atoms with Crippen molar-refractivity contribution in [2.24, 2.45) is 0 Å². The van der Waals surface area contributed by atoms with Crippen molar-refractivity contribution in [2.45, 2.75) is 25.3 Å². The van der Waals surface area contributed by atoms with Crippen molar-refractivity contribution in [3.63, 3.8) is 0 Å². The van der Waals surface area contributed by atoms with Gasteiger partial charge in [0.15, 0.2) is 0 Å². The molecule has 0 spiro atoms. The second-order valence-corrected chi connectivity index (χ2v) is 8.10. The van der Waals surface area contributed by atoms with Gasteiger partial charge >= 0.3 is 5.97 Å². The van der Waals surface area contributed by atoms with Gasteiger partial charge in [0.25, 0.3) is 0 Å². The van der Waals surface area contributed by atoms with Gasteiger partial charge in [0, 0.05) is 30.3 Å². The molecule has 3 nitrogen and oxygen atoms in total. The smallest absolute Gasteiger partial charge is 0.333 e. The molecule has 5 heteroatoms. The van der Waals surface area contributed by atoms with Crippen LogP contribution in [0.3, 0.4) is 0 Å². The number of methoxy groups -OCH3 is 1. The van der Waals surface area contributed by atoms with E-state index in [9.17, 15) is 4.79 Å². The van der Waals surface area contributed by atoms with E-state index >= 15 is 0 Å². The Morgan fingerprint density at radius 3 is 2.62 bits per heavy atom. The molecule has 0 bridgehead atoms. The summed E-state index contributed by atoms with van der Waals surface area (Å²) in [5, 5.41) is 1.13. The molecule has 2 aromatic carbocycles. The van der Waals surface area contributed by atoms with E-state index in [0.717, 1.165) is 43.5 Å². The summed E-state index contributed by atoms with van der Waals surface area (Å²) in [6, 6.07) is 12.2. The summed E-state index contributed by atoms with van der Waals surface area (Å²) in [4.78, 5) is 14.1. The van der Waals surface area contributed by atoms with Gasteiger partial charge < -0.3 is 4.74 Å². The van der Waals surface area contributed by atoms with Gasteiger partial charge in [-0.1, -0.05) is 53.3 Å². The summed E-state index contributed by atoms with van der Waals surface area (Å²) in [5.41, 5.74) is 5.12. The van der Waals surface area contributed by atoms with Crippen molar-refractivity contribution in [3.05, 3.63) is 80.3 Å². The second kappa shape index (κ2) is 8.63. The summed E-state index contributed by atoms with van der Waals surface area (Å²) in [6.45, 7) is 1.65. The largest absolute Gasteiger partial charge is 0.466 e. The molecular weight excluding hydrogens is 405 g/mol. The monoisotopic (exact) mass is 425 g/mol. The average molecular weight is 426 g/mol. The zero-order chi connectivity index (χ0) is 20.4. The first-order valence-corrected chi connectivity index (χ1v) is 10.4. The van der Waals surface area contributed by atoms with E-state index in [0.29, 0.717) is 21.7 Å². The number of ether oxygens (including phenoxy) is 1. The molecule has 1 heterocycles. The van der Waals surface area contributed by atoms with Crippen molar-refractivity contribution in [2.75, 3.05) is 20.2 Å². The van der Waals surface area contributed by atoms with Crippen molar-refractivity contribution in [1.82, 2.24) is 4.90 Å². The first kappa shape index (κ1) is 20.0. The highest BCUT2D eigenvalue weighted by Gasteiger charge is 2.29. The number of benzene rings is 2. The standard InChI is InChI=1S/C24H21Cl2NO2/c1-29-24(28)17-11-13-27(14-12-17)23-10-7-18-15-16(5-8-19(18)23)6-9-20-21(25)3-2-4-22(20)26/h2-5,8,11,15,23H,7,10,12-14H2,1H3. The lowest BCUT2D eigenvalue weighted by Gasteiger charge is -2.31. The molecule has 1 aliphatic heterocycles. The Balaban J connectivity index is 1.51. The quantitative estimate of drug-likeness (QED) is 0.489. The highest BCUT2D eigenvalue weighted by molar-refractivity contribution is 6.36. The fourth-order valence-corrected chi connectivity index (χ4v) is 4.58. The molecule has 0 saturated carbocycles. The lowest BCUT2D eigenvalue weighted by Crippen LogP contribution is -2.33. The minimum Gasteiger partial charge on any atom is -0.466 e. The highest BCUT2D eigenvalue weighted by atomic mass is 35.5. The van der Waals surface area contributed by atoms with Crippen molar-refractivity contribution in [3.8, 4) is 11.8 Å². The van der Waals surface area contributed by atoms with Crippen molar-refractivity contribution in [1.29, 1.82) is 0 Å². The maximum Gasteiger partial charge on any atom is 0.333 e. The minimum atomic E-state index is -0.210. The number of carbonyl (C=O) groups is 1. The molecule has 4 rings (SSSR count). The number of carbonyl (C=O) groups excluding carboxylic acids is 1. The molecule has 2 aliphatic rings. The average Bonchev–Trinajstić information content (AvgIpc) is 3.16. The van der Waals surface area contributed by atoms with E-state index in [2.05, 4.69) is 34.9 Å². The Bertz CT molecular complexity index is 1030. The van der Waals surface area contributed by atoms with Crippen LogP contribution in [0.25, 0.3) is 0 Å². The van der Waals surface area contributed by atoms with Gasteiger partial charge in [-0.05, 0) is 54.7 Å². The summed E-state index contributed by atoms with van der Waals surface area (Å²) in [5.74, 6) is 6.10. The first-order valence-electron chi connectivity index (χ1n) is 9.67. The van der Waals surface area contributed by atoms with Crippen LogP contribution < -0.4 is 0 Å². The third-order valence-electron chi connectivity index (χ3n) is 5.61. The first-order chi connectivity index (χ1) is 14.1. The summed E-state index contributed by atoms with van der Waals surface area (Å²) >= 11 is 12.4. The zero-order valence-corrected chi connectivity index (χ0v) is 17.7. The van der Waals surface area contributed by atoms with E-state index in [4.69, 9.17) is 27.9 Å². The van der Waals surface area contributed by atoms with E-state index in [1.54, 1.807) is 12.1 Å². The number of halogens is 2. The second-order valence-electron chi connectivity index (χ2n) is 7.28. The molecule has 0 aromatic heterocycles. The summed E-state index contributed by atoms with van der Waals surface area (Å²) < 4.78 is 4.83. The number of aryl methyl sites for hydroxylation is 1. The number of esters is 1. The van der Waals surface area contributed by atoms with Gasteiger partial charge in [-0.25, -0.2) is 4.79 Å². The molecule has 0 radical (unpaired) electrons. The van der Waals surface area contributed by atoms with Crippen LogP contribution in [-0.4, -0.2) is 31.1 Å². The predicted octanol–water partition coefficient (Wildman–Crippen LogP) is 5.19. The topological polar surface area (TPSA) is 29.5 Å². The van der Waals surface area contributed by atoms with E-state index in [1.165, 1.54) is 18.2 Å². The van der Waals surface area contributed by atoms with Crippen LogP contribution in [0.15, 0.2) is 48.0 Å². The van der Waals surface area contributed by atoms with Gasteiger partial charge in [-0.3, -0.25) is 4.90 Å². The molecule has 2 aromatic rings. The van der Waals surface area contributed by atoms with Gasteiger partial charge in [-0.15, -0.1) is 0 Å². The van der Waals surface area contributed by atoms with Gasteiger partial charge in [-0.2, -0.15) is 0 Å². The molecule has 1 atom stereocenters. The SMILES string of the molecule is COC(=O)C1=CCN(C2CCc3cc(C#Cc4c(Cl)cccc4Cl)ccc32)CC1. The van der Waals surface area contributed by atoms with Crippen LogP contribution in [0.5, 0.6) is 0 Å². The lowest BCUT2D eigenvalue weighted by atomic mass is 10.0. The van der Waals surface area contributed by atoms with Crippen LogP contribution in [-0.2, 0) is 16.0 Å². The maximum atomic E-state index is 11.7. The molecule has 0 saturated heterocycles. The Labute approximate surface area is 181 Å². The molecule has 1 unspecified atom stereocenters. The number of nitrogens with zero attached hydrogens (tertiary/aromatic N) is 1. The number of hydrogen-bond acceptors (Lipinski definition) is 3. The molecule has 0 N–H and O–H groups in total. The predicted molar refractivity (Wildman–Crippen MR) is 116 cm³/mol. The normalized spacial score (nSPS) is 18.4. The van der Waals surface area contributed by atoms with Crippen LogP contribution in [0, 0.1) is 11.8 Å². The Kier molecular flexibility index (Phi) is 5.96.